The first-order valence-electron chi connectivity index (χ1n) is 6.87. The molecule has 2 aromatic carbocycles. The van der Waals surface area contributed by atoms with Gasteiger partial charge in [0, 0.05) is 5.75 Å². The van der Waals surface area contributed by atoms with Crippen molar-refractivity contribution in [1.82, 2.24) is 0 Å². The molecular formula is C17H15F3S. The van der Waals surface area contributed by atoms with E-state index < -0.39 is 11.7 Å². The molecule has 110 valence electrons. The van der Waals surface area contributed by atoms with Crippen LogP contribution >= 0.6 is 11.8 Å². The molecule has 1 aliphatic rings. The topological polar surface area (TPSA) is 0 Å². The minimum absolute atomic E-state index is 0.547. The molecule has 0 amide bonds. The molecule has 0 nitrogen and oxygen atoms in total. The van der Waals surface area contributed by atoms with Crippen LogP contribution in [0.4, 0.5) is 13.2 Å². The molecule has 1 heterocycles. The van der Waals surface area contributed by atoms with Crippen LogP contribution < -0.4 is 0 Å². The summed E-state index contributed by atoms with van der Waals surface area (Å²) in [6.45, 7) is 0. The van der Waals surface area contributed by atoms with E-state index in [0.717, 1.165) is 23.3 Å². The van der Waals surface area contributed by atoms with Crippen molar-refractivity contribution >= 4 is 11.8 Å². The molecule has 4 heteroatoms. The lowest BCUT2D eigenvalue weighted by Crippen LogP contribution is -2.07. The highest BCUT2D eigenvalue weighted by molar-refractivity contribution is 7.98. The fourth-order valence-electron chi connectivity index (χ4n) is 2.65. The van der Waals surface area contributed by atoms with Crippen LogP contribution in [0.5, 0.6) is 0 Å². The number of fused-ring (bicyclic) bond motifs is 2. The second kappa shape index (κ2) is 5.76. The van der Waals surface area contributed by atoms with Gasteiger partial charge in [0.05, 0.1) is 5.56 Å². The molecule has 0 spiro atoms. The van der Waals surface area contributed by atoms with Gasteiger partial charge in [-0.05, 0) is 53.0 Å². The first-order chi connectivity index (χ1) is 10.0. The van der Waals surface area contributed by atoms with E-state index in [1.165, 1.54) is 23.3 Å². The summed E-state index contributed by atoms with van der Waals surface area (Å²) in [5.74, 6) is 1.58. The Bertz CT molecular complexity index is 647. The van der Waals surface area contributed by atoms with Crippen LogP contribution in [0.2, 0.25) is 0 Å². The van der Waals surface area contributed by atoms with Crippen molar-refractivity contribution in [3.05, 3.63) is 70.3 Å². The van der Waals surface area contributed by atoms with Gasteiger partial charge < -0.3 is 0 Å². The van der Waals surface area contributed by atoms with Gasteiger partial charge in [-0.25, -0.2) is 0 Å². The van der Waals surface area contributed by atoms with Crippen LogP contribution in [-0.2, 0) is 24.8 Å². The quantitative estimate of drug-likeness (QED) is 0.653. The van der Waals surface area contributed by atoms with Crippen LogP contribution in [-0.4, -0.2) is 5.75 Å². The van der Waals surface area contributed by atoms with Gasteiger partial charge in [0.1, 0.15) is 0 Å². The van der Waals surface area contributed by atoms with Gasteiger partial charge in [0.15, 0.2) is 0 Å². The highest BCUT2D eigenvalue weighted by atomic mass is 32.2. The van der Waals surface area contributed by atoms with Gasteiger partial charge in [-0.1, -0.05) is 30.3 Å². The fraction of sp³-hybridized carbons (Fsp3) is 0.294. The minimum atomic E-state index is -4.27. The standard InChI is InChI=1S/C17H15F3S/c18-17(19,20)16-6-5-14-9-13-4-2-1-3-12(13)7-8-21-11-15(14)10-16/h1-6,10H,7-9,11H2. The molecule has 0 saturated carbocycles. The minimum Gasteiger partial charge on any atom is -0.166 e. The van der Waals surface area contributed by atoms with Gasteiger partial charge in [-0.3, -0.25) is 0 Å². The fourth-order valence-corrected chi connectivity index (χ4v) is 3.65. The molecule has 0 saturated heterocycles. The third kappa shape index (κ3) is 3.26. The maximum atomic E-state index is 12.9. The third-order valence-corrected chi connectivity index (χ3v) is 4.81. The van der Waals surface area contributed by atoms with Crippen LogP contribution in [0.25, 0.3) is 0 Å². The van der Waals surface area contributed by atoms with Crippen LogP contribution in [0.1, 0.15) is 27.8 Å². The second-order valence-electron chi connectivity index (χ2n) is 5.23. The molecule has 3 rings (SSSR count). The van der Waals surface area contributed by atoms with E-state index in [4.69, 9.17) is 0 Å². The van der Waals surface area contributed by atoms with Gasteiger partial charge in [-0.15, -0.1) is 0 Å². The molecule has 0 unspecified atom stereocenters. The number of aryl methyl sites for hydroxylation is 1. The molecule has 0 radical (unpaired) electrons. The van der Waals surface area contributed by atoms with Crippen LogP contribution in [0, 0.1) is 0 Å². The molecule has 2 aromatic rings. The van der Waals surface area contributed by atoms with Crippen molar-refractivity contribution in [2.75, 3.05) is 5.75 Å². The highest BCUT2D eigenvalue weighted by Gasteiger charge is 2.31. The Hall–Kier alpha value is -1.42. The van der Waals surface area contributed by atoms with Crippen molar-refractivity contribution in [1.29, 1.82) is 0 Å². The Balaban J connectivity index is 2.02. The molecule has 0 bridgehead atoms. The normalized spacial score (nSPS) is 15.4. The summed E-state index contributed by atoms with van der Waals surface area (Å²) in [5, 5.41) is 0. The van der Waals surface area contributed by atoms with E-state index in [1.807, 2.05) is 12.1 Å². The van der Waals surface area contributed by atoms with Gasteiger partial charge in [0.2, 0.25) is 0 Å². The highest BCUT2D eigenvalue weighted by Crippen LogP contribution is 2.33. The largest absolute Gasteiger partial charge is 0.416 e. The zero-order valence-electron chi connectivity index (χ0n) is 11.4. The lowest BCUT2D eigenvalue weighted by Gasteiger charge is -2.13. The van der Waals surface area contributed by atoms with Gasteiger partial charge in [-0.2, -0.15) is 24.9 Å². The molecule has 0 aromatic heterocycles. The number of hydrogen-bond donors (Lipinski definition) is 0. The summed E-state index contributed by atoms with van der Waals surface area (Å²) in [6.07, 6.45) is -2.58. The maximum absolute atomic E-state index is 12.9. The average molecular weight is 308 g/mol. The van der Waals surface area contributed by atoms with Crippen LogP contribution in [0.15, 0.2) is 42.5 Å². The summed E-state index contributed by atoms with van der Waals surface area (Å²) in [6, 6.07) is 12.4. The van der Waals surface area contributed by atoms with E-state index in [2.05, 4.69) is 12.1 Å². The molecule has 1 aliphatic heterocycles. The number of rotatable bonds is 0. The summed E-state index contributed by atoms with van der Waals surface area (Å²) in [5.41, 5.74) is 3.80. The number of benzene rings is 2. The lowest BCUT2D eigenvalue weighted by atomic mass is 9.95. The van der Waals surface area contributed by atoms with E-state index in [9.17, 15) is 13.2 Å². The lowest BCUT2D eigenvalue weighted by molar-refractivity contribution is -0.137. The van der Waals surface area contributed by atoms with E-state index in [1.54, 1.807) is 17.8 Å². The summed E-state index contributed by atoms with van der Waals surface area (Å²) in [7, 11) is 0. The molecule has 0 N–H and O–H groups in total. The molecule has 21 heavy (non-hydrogen) atoms. The number of hydrogen-bond acceptors (Lipinski definition) is 1. The Labute approximate surface area is 126 Å². The van der Waals surface area contributed by atoms with E-state index in [-0.39, 0.29) is 0 Å². The molecule has 0 atom stereocenters. The molecular weight excluding hydrogens is 293 g/mol. The van der Waals surface area contributed by atoms with E-state index >= 15 is 0 Å². The first-order valence-corrected chi connectivity index (χ1v) is 8.03. The predicted octanol–water partition coefficient (Wildman–Crippen LogP) is 5.09. The number of alkyl halides is 3. The zero-order chi connectivity index (χ0) is 14.9. The Morgan fingerprint density at radius 1 is 0.857 bits per heavy atom. The zero-order valence-corrected chi connectivity index (χ0v) is 12.2. The van der Waals surface area contributed by atoms with Gasteiger partial charge in [0.25, 0.3) is 0 Å². The van der Waals surface area contributed by atoms with Crippen molar-refractivity contribution in [2.24, 2.45) is 0 Å². The molecule has 0 aliphatic carbocycles. The maximum Gasteiger partial charge on any atom is 0.416 e. The summed E-state index contributed by atoms with van der Waals surface area (Å²) in [4.78, 5) is 0. The van der Waals surface area contributed by atoms with E-state index in [0.29, 0.717) is 12.2 Å². The smallest absolute Gasteiger partial charge is 0.166 e. The summed E-state index contributed by atoms with van der Waals surface area (Å²) >= 11 is 1.70. The number of thioether (sulfide) groups is 1. The summed E-state index contributed by atoms with van der Waals surface area (Å²) < 4.78 is 38.6. The Kier molecular flexibility index (Phi) is 3.98. The van der Waals surface area contributed by atoms with Crippen molar-refractivity contribution in [3.63, 3.8) is 0 Å². The third-order valence-electron chi connectivity index (χ3n) is 3.81. The molecule has 0 fully saturated rings. The average Bonchev–Trinajstić information content (AvgIpc) is 2.53. The predicted molar refractivity (Wildman–Crippen MR) is 80.6 cm³/mol. The Morgan fingerprint density at radius 3 is 2.33 bits per heavy atom. The first kappa shape index (κ1) is 14.5. The van der Waals surface area contributed by atoms with Gasteiger partial charge >= 0.3 is 6.18 Å². The Morgan fingerprint density at radius 2 is 1.57 bits per heavy atom. The van der Waals surface area contributed by atoms with Crippen molar-refractivity contribution < 1.29 is 13.2 Å². The van der Waals surface area contributed by atoms with Crippen molar-refractivity contribution in [2.45, 2.75) is 24.8 Å². The van der Waals surface area contributed by atoms with Crippen LogP contribution in [0.3, 0.4) is 0 Å². The monoisotopic (exact) mass is 308 g/mol. The SMILES string of the molecule is FC(F)(F)c1ccc2c(c1)CSCCc1ccccc1C2. The second-order valence-corrected chi connectivity index (χ2v) is 6.33. The number of halogens is 3. The van der Waals surface area contributed by atoms with Crippen molar-refractivity contribution in [3.8, 4) is 0 Å².